The Morgan fingerprint density at radius 2 is 2.43 bits per heavy atom. The van der Waals surface area contributed by atoms with Gasteiger partial charge in [-0.1, -0.05) is 6.92 Å². The summed E-state index contributed by atoms with van der Waals surface area (Å²) in [7, 11) is 0. The van der Waals surface area contributed by atoms with Gasteiger partial charge < -0.3 is 5.32 Å². The second kappa shape index (κ2) is 3.76. The van der Waals surface area contributed by atoms with Crippen LogP contribution < -0.4 is 5.32 Å². The lowest BCUT2D eigenvalue weighted by molar-refractivity contribution is -0.129. The third kappa shape index (κ3) is 1.78. The Hall–Kier alpha value is -0.190. The van der Waals surface area contributed by atoms with Gasteiger partial charge in [0, 0.05) is 19.5 Å². The van der Waals surface area contributed by atoms with Crippen LogP contribution in [0.5, 0.6) is 0 Å². The third-order valence-corrected chi connectivity index (χ3v) is 4.56. The average Bonchev–Trinajstić information content (AvgIpc) is 2.48. The Morgan fingerprint density at radius 1 is 1.71 bits per heavy atom. The van der Waals surface area contributed by atoms with Gasteiger partial charge in [0.05, 0.1) is 9.20 Å². The molecule has 14 heavy (non-hydrogen) atoms. The number of Topliss-reactive ketones (excluding diaryl/α,β-unsaturated/α-hetero) is 1. The number of rotatable bonds is 3. The van der Waals surface area contributed by atoms with E-state index >= 15 is 0 Å². The van der Waals surface area contributed by atoms with Crippen LogP contribution in [0.25, 0.3) is 0 Å². The van der Waals surface area contributed by atoms with E-state index in [1.54, 1.807) is 11.3 Å². The lowest BCUT2D eigenvalue weighted by Gasteiger charge is -2.37. The predicted molar refractivity (Wildman–Crippen MR) is 61.7 cm³/mol. The Labute approximate surface area is 95.8 Å². The summed E-state index contributed by atoms with van der Waals surface area (Å²) >= 11 is 5.08. The van der Waals surface area contributed by atoms with Crippen LogP contribution in [0.4, 0.5) is 0 Å². The highest BCUT2D eigenvalue weighted by Crippen LogP contribution is 2.29. The number of halogens is 1. The van der Waals surface area contributed by atoms with Gasteiger partial charge in [-0.25, -0.2) is 0 Å². The van der Waals surface area contributed by atoms with E-state index in [9.17, 15) is 4.79 Å². The van der Waals surface area contributed by atoms with Crippen molar-refractivity contribution in [2.75, 3.05) is 13.1 Å². The number of hydrogen-bond acceptors (Lipinski definition) is 3. The lowest BCUT2D eigenvalue weighted by Crippen LogP contribution is -2.56. The highest BCUT2D eigenvalue weighted by atomic mass is 79.9. The summed E-state index contributed by atoms with van der Waals surface area (Å²) in [6.45, 7) is 3.69. The van der Waals surface area contributed by atoms with Crippen molar-refractivity contribution in [3.63, 3.8) is 0 Å². The van der Waals surface area contributed by atoms with Gasteiger partial charge in [0.2, 0.25) is 0 Å². The molecular formula is C10H12BrNOS. The van der Waals surface area contributed by atoms with E-state index < -0.39 is 0 Å². The fourth-order valence-electron chi connectivity index (χ4n) is 1.53. The number of nitrogens with one attached hydrogen (secondary N) is 1. The van der Waals surface area contributed by atoms with E-state index in [0.717, 1.165) is 22.4 Å². The van der Waals surface area contributed by atoms with Gasteiger partial charge in [-0.15, -0.1) is 11.3 Å². The Kier molecular flexibility index (Phi) is 2.77. The van der Waals surface area contributed by atoms with Crippen molar-refractivity contribution in [3.05, 3.63) is 20.8 Å². The first kappa shape index (κ1) is 10.3. The molecule has 2 nitrogen and oxygen atoms in total. The van der Waals surface area contributed by atoms with Gasteiger partial charge >= 0.3 is 0 Å². The molecule has 0 bridgehead atoms. The molecule has 1 saturated heterocycles. The zero-order valence-corrected chi connectivity index (χ0v) is 10.4. The highest BCUT2D eigenvalue weighted by Gasteiger charge is 2.38. The largest absolute Gasteiger partial charge is 0.315 e. The molecule has 2 heterocycles. The van der Waals surface area contributed by atoms with Crippen molar-refractivity contribution in [2.24, 2.45) is 5.41 Å². The van der Waals surface area contributed by atoms with Gasteiger partial charge in [-0.2, -0.15) is 0 Å². The molecule has 0 radical (unpaired) electrons. The summed E-state index contributed by atoms with van der Waals surface area (Å²) in [5.74, 6) is 0.343. The molecule has 2 rings (SSSR count). The third-order valence-electron chi connectivity index (χ3n) is 2.75. The molecule has 1 aromatic rings. The number of hydrogen-bond donors (Lipinski definition) is 1. The summed E-state index contributed by atoms with van der Waals surface area (Å²) in [5, 5.41) is 5.15. The zero-order chi connectivity index (χ0) is 10.2. The maximum absolute atomic E-state index is 11.9. The predicted octanol–water partition coefficient (Wildman–Crippen LogP) is 2.23. The molecule has 0 aliphatic carbocycles. The van der Waals surface area contributed by atoms with E-state index in [-0.39, 0.29) is 5.41 Å². The Morgan fingerprint density at radius 3 is 2.86 bits per heavy atom. The molecule has 0 amide bonds. The molecule has 0 atom stereocenters. The summed E-state index contributed by atoms with van der Waals surface area (Å²) in [5.41, 5.74) is 0.995. The Balaban J connectivity index is 2.05. The van der Waals surface area contributed by atoms with Crippen molar-refractivity contribution in [2.45, 2.75) is 13.3 Å². The molecule has 0 aromatic carbocycles. The van der Waals surface area contributed by atoms with Crippen LogP contribution in [-0.2, 0) is 11.2 Å². The molecule has 0 saturated carbocycles. The molecule has 76 valence electrons. The molecule has 1 aromatic heterocycles. The second-order valence-corrected chi connectivity index (χ2v) is 6.22. The van der Waals surface area contributed by atoms with Gasteiger partial charge in [0.1, 0.15) is 5.78 Å². The first-order valence-corrected chi connectivity index (χ1v) is 6.25. The molecular weight excluding hydrogens is 262 g/mol. The van der Waals surface area contributed by atoms with Gasteiger partial charge in [-0.05, 0) is 32.9 Å². The van der Waals surface area contributed by atoms with Crippen LogP contribution in [0.1, 0.15) is 12.5 Å². The van der Waals surface area contributed by atoms with Crippen LogP contribution in [0.3, 0.4) is 0 Å². The summed E-state index contributed by atoms with van der Waals surface area (Å²) in [6.07, 6.45) is 0.558. The number of carbonyl (C=O) groups is 1. The first-order chi connectivity index (χ1) is 6.62. The normalized spacial score (nSPS) is 19.0. The molecule has 1 aliphatic heterocycles. The number of thiophene rings is 1. The number of carbonyl (C=O) groups excluding carboxylic acids is 1. The quantitative estimate of drug-likeness (QED) is 0.915. The Bertz CT molecular complexity index is 357. The van der Waals surface area contributed by atoms with E-state index in [1.165, 1.54) is 0 Å². The van der Waals surface area contributed by atoms with E-state index in [0.29, 0.717) is 12.2 Å². The van der Waals surface area contributed by atoms with Crippen LogP contribution in [0.2, 0.25) is 0 Å². The maximum atomic E-state index is 11.9. The van der Waals surface area contributed by atoms with Crippen LogP contribution in [0.15, 0.2) is 15.2 Å². The van der Waals surface area contributed by atoms with Crippen LogP contribution >= 0.6 is 27.3 Å². The minimum absolute atomic E-state index is 0.124. The van der Waals surface area contributed by atoms with Crippen molar-refractivity contribution in [1.29, 1.82) is 0 Å². The average molecular weight is 274 g/mol. The molecule has 0 spiro atoms. The van der Waals surface area contributed by atoms with Gasteiger partial charge in [0.15, 0.2) is 0 Å². The summed E-state index contributed by atoms with van der Waals surface area (Å²) in [6, 6.07) is 2.02. The molecule has 4 heteroatoms. The first-order valence-electron chi connectivity index (χ1n) is 4.58. The smallest absolute Gasteiger partial charge is 0.145 e. The minimum atomic E-state index is -0.124. The van der Waals surface area contributed by atoms with Gasteiger partial charge in [-0.3, -0.25) is 4.79 Å². The van der Waals surface area contributed by atoms with E-state index in [2.05, 4.69) is 21.2 Å². The monoisotopic (exact) mass is 273 g/mol. The standard InChI is InChI=1S/C10H12BrNOS/c1-10(5-12-6-10)8(13)4-7-2-3-14-9(7)11/h2-3,12H,4-6H2,1H3. The number of ketones is 1. The molecule has 1 aliphatic rings. The van der Waals surface area contributed by atoms with Crippen LogP contribution in [0, 0.1) is 5.41 Å². The SMILES string of the molecule is CC1(C(=O)Cc2ccsc2Br)CNC1. The fraction of sp³-hybridized carbons (Fsp3) is 0.500. The van der Waals surface area contributed by atoms with E-state index in [1.807, 2.05) is 18.4 Å². The molecule has 1 fully saturated rings. The van der Waals surface area contributed by atoms with Crippen LogP contribution in [-0.4, -0.2) is 18.9 Å². The minimum Gasteiger partial charge on any atom is -0.315 e. The summed E-state index contributed by atoms with van der Waals surface area (Å²) in [4.78, 5) is 11.9. The van der Waals surface area contributed by atoms with Gasteiger partial charge in [0.25, 0.3) is 0 Å². The molecule has 0 unspecified atom stereocenters. The summed E-state index contributed by atoms with van der Waals surface area (Å²) < 4.78 is 1.08. The van der Waals surface area contributed by atoms with Crippen molar-refractivity contribution in [1.82, 2.24) is 5.32 Å². The fourth-order valence-corrected chi connectivity index (χ4v) is 2.77. The van der Waals surface area contributed by atoms with Crippen molar-refractivity contribution >= 4 is 33.0 Å². The zero-order valence-electron chi connectivity index (χ0n) is 7.97. The second-order valence-electron chi connectivity index (χ2n) is 3.98. The topological polar surface area (TPSA) is 29.1 Å². The highest BCUT2D eigenvalue weighted by molar-refractivity contribution is 9.11. The maximum Gasteiger partial charge on any atom is 0.145 e. The lowest BCUT2D eigenvalue weighted by atomic mass is 9.78. The van der Waals surface area contributed by atoms with E-state index in [4.69, 9.17) is 0 Å². The molecule has 1 N–H and O–H groups in total. The van der Waals surface area contributed by atoms with Crippen molar-refractivity contribution in [3.8, 4) is 0 Å². The van der Waals surface area contributed by atoms with Crippen molar-refractivity contribution < 1.29 is 4.79 Å².